The molecule has 0 bridgehead atoms. The third-order valence-electron chi connectivity index (χ3n) is 2.03. The van der Waals surface area contributed by atoms with Gasteiger partial charge in [-0.05, 0) is 28.4 Å². The molecule has 0 fully saturated rings. The maximum atomic E-state index is 5.98. The van der Waals surface area contributed by atoms with Gasteiger partial charge in [0.2, 0.25) is 0 Å². The summed E-state index contributed by atoms with van der Waals surface area (Å²) >= 11 is 10.8. The molecular formula is C10H9BrClN3S. The van der Waals surface area contributed by atoms with Crippen LogP contribution in [-0.2, 0) is 6.42 Å². The Kier molecular flexibility index (Phi) is 3.47. The van der Waals surface area contributed by atoms with Crippen LogP contribution in [0.15, 0.2) is 16.6 Å². The van der Waals surface area contributed by atoms with Crippen LogP contribution in [0.3, 0.4) is 0 Å². The number of anilines is 1. The summed E-state index contributed by atoms with van der Waals surface area (Å²) in [5.41, 5.74) is 6.66. The molecule has 0 aliphatic carbocycles. The predicted octanol–water partition coefficient (Wildman–Crippen LogP) is 3.77. The number of hydrogen-bond acceptors (Lipinski definition) is 4. The second-order valence-corrected chi connectivity index (χ2v) is 5.70. The minimum Gasteiger partial charge on any atom is -0.384 e. The smallest absolute Gasteiger partial charge is 0.171 e. The zero-order valence-corrected chi connectivity index (χ0v) is 11.7. The van der Waals surface area contributed by atoms with Gasteiger partial charge >= 0.3 is 0 Å². The van der Waals surface area contributed by atoms with E-state index >= 15 is 0 Å². The number of nitrogen functional groups attached to an aromatic ring is 1. The lowest BCUT2D eigenvalue weighted by atomic mass is 10.3. The van der Waals surface area contributed by atoms with Crippen molar-refractivity contribution in [3.05, 3.63) is 26.6 Å². The van der Waals surface area contributed by atoms with E-state index in [2.05, 4.69) is 25.9 Å². The third kappa shape index (κ3) is 2.36. The summed E-state index contributed by atoms with van der Waals surface area (Å²) in [7, 11) is 0. The Morgan fingerprint density at radius 1 is 1.44 bits per heavy atom. The number of rotatable bonds is 2. The molecule has 0 aliphatic rings. The average molecular weight is 319 g/mol. The molecule has 6 heteroatoms. The van der Waals surface area contributed by atoms with Gasteiger partial charge in [0.05, 0.1) is 4.88 Å². The van der Waals surface area contributed by atoms with Crippen molar-refractivity contribution in [2.45, 2.75) is 13.3 Å². The van der Waals surface area contributed by atoms with Crippen molar-refractivity contribution in [2.24, 2.45) is 0 Å². The van der Waals surface area contributed by atoms with E-state index < -0.39 is 0 Å². The zero-order valence-electron chi connectivity index (χ0n) is 8.50. The Bertz CT molecular complexity index is 507. The fraction of sp³-hybridized carbons (Fsp3) is 0.200. The maximum Gasteiger partial charge on any atom is 0.171 e. The average Bonchev–Trinajstić information content (AvgIpc) is 2.58. The van der Waals surface area contributed by atoms with Crippen LogP contribution >= 0.6 is 38.9 Å². The molecule has 2 rings (SSSR count). The van der Waals surface area contributed by atoms with Crippen molar-refractivity contribution in [1.29, 1.82) is 0 Å². The van der Waals surface area contributed by atoms with E-state index in [0.717, 1.165) is 21.5 Å². The van der Waals surface area contributed by atoms with Gasteiger partial charge in [-0.25, -0.2) is 9.97 Å². The Morgan fingerprint density at radius 2 is 2.19 bits per heavy atom. The van der Waals surface area contributed by atoms with E-state index in [4.69, 9.17) is 17.3 Å². The molecule has 0 radical (unpaired) electrons. The molecule has 84 valence electrons. The van der Waals surface area contributed by atoms with Crippen LogP contribution in [0.4, 0.5) is 5.82 Å². The van der Waals surface area contributed by atoms with Gasteiger partial charge in [0.15, 0.2) is 5.82 Å². The molecule has 2 aromatic heterocycles. The van der Waals surface area contributed by atoms with Crippen molar-refractivity contribution in [3.63, 3.8) is 0 Å². The molecule has 0 spiro atoms. The quantitative estimate of drug-likeness (QED) is 0.917. The number of hydrogen-bond donors (Lipinski definition) is 1. The number of nitrogens with zero attached hydrogens (tertiary/aromatic N) is 2. The van der Waals surface area contributed by atoms with E-state index in [1.165, 1.54) is 11.3 Å². The lowest BCUT2D eigenvalue weighted by molar-refractivity contribution is 1.01. The van der Waals surface area contributed by atoms with Gasteiger partial charge in [-0.1, -0.05) is 18.5 Å². The normalized spacial score (nSPS) is 10.7. The fourth-order valence-electron chi connectivity index (χ4n) is 1.27. The standard InChI is InChI=1S/C10H9BrClN3S/c1-2-5-3-8(13)15-10(14-5)7-4-6(11)9(12)16-7/h3-4H,2H2,1H3,(H2,13,14,15). The highest BCUT2D eigenvalue weighted by atomic mass is 79.9. The van der Waals surface area contributed by atoms with Crippen molar-refractivity contribution in [3.8, 4) is 10.7 Å². The summed E-state index contributed by atoms with van der Waals surface area (Å²) < 4.78 is 1.55. The lowest BCUT2D eigenvalue weighted by Crippen LogP contribution is -1.98. The van der Waals surface area contributed by atoms with Crippen LogP contribution in [-0.4, -0.2) is 9.97 Å². The molecule has 2 aromatic rings. The van der Waals surface area contributed by atoms with Crippen molar-refractivity contribution in [1.82, 2.24) is 9.97 Å². The topological polar surface area (TPSA) is 51.8 Å². The highest BCUT2D eigenvalue weighted by Gasteiger charge is 2.10. The second-order valence-electron chi connectivity index (χ2n) is 3.19. The molecule has 0 unspecified atom stereocenters. The van der Waals surface area contributed by atoms with Gasteiger partial charge in [-0.3, -0.25) is 0 Å². The molecule has 16 heavy (non-hydrogen) atoms. The Balaban J connectivity index is 2.50. The number of nitrogens with two attached hydrogens (primary N) is 1. The van der Waals surface area contributed by atoms with Gasteiger partial charge in [0.1, 0.15) is 10.2 Å². The monoisotopic (exact) mass is 317 g/mol. The summed E-state index contributed by atoms with van der Waals surface area (Å²) in [6.45, 7) is 2.03. The number of halogens is 2. The summed E-state index contributed by atoms with van der Waals surface area (Å²) in [5, 5.41) is 0. The van der Waals surface area contributed by atoms with Gasteiger partial charge in [0.25, 0.3) is 0 Å². The van der Waals surface area contributed by atoms with Gasteiger partial charge < -0.3 is 5.73 Å². The van der Waals surface area contributed by atoms with Gasteiger partial charge in [-0.2, -0.15) is 0 Å². The number of aryl methyl sites for hydroxylation is 1. The van der Waals surface area contributed by atoms with Crippen LogP contribution in [0.2, 0.25) is 4.34 Å². The van der Waals surface area contributed by atoms with Crippen LogP contribution in [0.25, 0.3) is 10.7 Å². The number of aromatic nitrogens is 2. The van der Waals surface area contributed by atoms with Crippen LogP contribution in [0.1, 0.15) is 12.6 Å². The molecule has 0 amide bonds. The Morgan fingerprint density at radius 3 is 2.75 bits per heavy atom. The van der Waals surface area contributed by atoms with Gasteiger partial charge in [-0.15, -0.1) is 11.3 Å². The zero-order chi connectivity index (χ0) is 11.7. The summed E-state index contributed by atoms with van der Waals surface area (Å²) in [6, 6.07) is 3.69. The molecule has 3 nitrogen and oxygen atoms in total. The third-order valence-corrected chi connectivity index (χ3v) is 4.50. The molecule has 0 saturated heterocycles. The van der Waals surface area contributed by atoms with Crippen LogP contribution < -0.4 is 5.73 Å². The van der Waals surface area contributed by atoms with Crippen molar-refractivity contribution < 1.29 is 0 Å². The molecule has 0 aromatic carbocycles. The first kappa shape index (κ1) is 11.8. The van der Waals surface area contributed by atoms with Crippen LogP contribution in [0.5, 0.6) is 0 Å². The molecular weight excluding hydrogens is 310 g/mol. The first-order valence-electron chi connectivity index (χ1n) is 4.68. The van der Waals surface area contributed by atoms with E-state index in [0.29, 0.717) is 16.0 Å². The summed E-state index contributed by atoms with van der Waals surface area (Å²) in [4.78, 5) is 9.54. The molecule has 0 aliphatic heterocycles. The fourth-order valence-corrected chi connectivity index (χ4v) is 2.90. The largest absolute Gasteiger partial charge is 0.384 e. The predicted molar refractivity (Wildman–Crippen MR) is 71.8 cm³/mol. The summed E-state index contributed by atoms with van der Waals surface area (Å²) in [5.74, 6) is 1.12. The highest BCUT2D eigenvalue weighted by Crippen LogP contribution is 2.36. The molecule has 0 atom stereocenters. The van der Waals surface area contributed by atoms with E-state index in [9.17, 15) is 0 Å². The van der Waals surface area contributed by atoms with Crippen LogP contribution in [0, 0.1) is 0 Å². The van der Waals surface area contributed by atoms with E-state index in [1.807, 2.05) is 13.0 Å². The van der Waals surface area contributed by atoms with E-state index in [1.54, 1.807) is 6.07 Å². The minimum atomic E-state index is 0.488. The number of thiophene rings is 1. The van der Waals surface area contributed by atoms with Crippen molar-refractivity contribution >= 4 is 44.7 Å². The highest BCUT2D eigenvalue weighted by molar-refractivity contribution is 9.10. The lowest BCUT2D eigenvalue weighted by Gasteiger charge is -2.01. The first-order valence-corrected chi connectivity index (χ1v) is 6.67. The van der Waals surface area contributed by atoms with Crippen molar-refractivity contribution in [2.75, 3.05) is 5.73 Å². The molecule has 2 N–H and O–H groups in total. The SMILES string of the molecule is CCc1cc(N)nc(-c2cc(Br)c(Cl)s2)n1. The minimum absolute atomic E-state index is 0.488. The molecule has 2 heterocycles. The Labute approximate surface area is 111 Å². The Hall–Kier alpha value is -0.650. The first-order chi connectivity index (χ1) is 7.60. The van der Waals surface area contributed by atoms with Gasteiger partial charge in [0, 0.05) is 16.2 Å². The van der Waals surface area contributed by atoms with E-state index in [-0.39, 0.29) is 0 Å². The second kappa shape index (κ2) is 4.69. The summed E-state index contributed by atoms with van der Waals surface area (Å²) in [6.07, 6.45) is 0.833. The molecule has 0 saturated carbocycles. The maximum absolute atomic E-state index is 5.98.